The lowest BCUT2D eigenvalue weighted by molar-refractivity contribution is -0.120. The lowest BCUT2D eigenvalue weighted by Gasteiger charge is -2.23. The van der Waals surface area contributed by atoms with Crippen molar-refractivity contribution >= 4 is 17.7 Å². The molecule has 0 spiro atoms. The molecule has 0 fully saturated rings. The fourth-order valence-electron chi connectivity index (χ4n) is 2.66. The van der Waals surface area contributed by atoms with E-state index in [0.717, 1.165) is 12.2 Å². The summed E-state index contributed by atoms with van der Waals surface area (Å²) in [5, 5.41) is 3.04. The molecule has 2 heterocycles. The van der Waals surface area contributed by atoms with E-state index >= 15 is 0 Å². The Morgan fingerprint density at radius 2 is 2.18 bits per heavy atom. The first-order valence-electron chi connectivity index (χ1n) is 7.37. The Hall–Kier alpha value is -1.72. The van der Waals surface area contributed by atoms with Crippen LogP contribution in [0.25, 0.3) is 0 Å². The molecular weight excluding hydrogens is 296 g/mol. The first-order valence-corrected chi connectivity index (χ1v) is 8.25. The number of likely N-dealkylation sites (N-methyl/N-ethyl adjacent to an activating group) is 1. The van der Waals surface area contributed by atoms with Gasteiger partial charge in [0.1, 0.15) is 5.76 Å². The molecule has 0 bridgehead atoms. The number of rotatable bonds is 5. The molecule has 2 unspecified atom stereocenters. The number of amides is 1. The third-order valence-corrected chi connectivity index (χ3v) is 5.22. The summed E-state index contributed by atoms with van der Waals surface area (Å²) in [7, 11) is 3.97. The molecule has 116 valence electrons. The highest BCUT2D eigenvalue weighted by Crippen LogP contribution is 2.36. The van der Waals surface area contributed by atoms with Crippen molar-refractivity contribution in [2.45, 2.75) is 22.6 Å². The Bertz CT molecular complexity index is 615. The molecule has 1 aromatic heterocycles. The van der Waals surface area contributed by atoms with E-state index in [1.54, 1.807) is 18.0 Å². The van der Waals surface area contributed by atoms with Gasteiger partial charge in [0.05, 0.1) is 17.6 Å². The van der Waals surface area contributed by atoms with Crippen LogP contribution in [-0.2, 0) is 11.2 Å². The molecule has 1 aliphatic rings. The average molecular weight is 316 g/mol. The summed E-state index contributed by atoms with van der Waals surface area (Å²) in [6, 6.07) is 12.1. The molecular formula is C17H20N2O2S. The Morgan fingerprint density at radius 3 is 2.86 bits per heavy atom. The summed E-state index contributed by atoms with van der Waals surface area (Å²) in [5.74, 6) is 0.965. The summed E-state index contributed by atoms with van der Waals surface area (Å²) in [4.78, 5) is 15.7. The van der Waals surface area contributed by atoms with E-state index in [9.17, 15) is 4.79 Å². The summed E-state index contributed by atoms with van der Waals surface area (Å²) in [5.41, 5.74) is 1.27. The van der Waals surface area contributed by atoms with E-state index in [1.165, 1.54) is 10.5 Å². The monoisotopic (exact) mass is 316 g/mol. The lowest BCUT2D eigenvalue weighted by atomic mass is 10.1. The maximum Gasteiger partial charge on any atom is 0.233 e. The number of nitrogens with one attached hydrogen (secondary N) is 1. The van der Waals surface area contributed by atoms with Gasteiger partial charge in [0, 0.05) is 11.4 Å². The Morgan fingerprint density at radius 1 is 1.36 bits per heavy atom. The van der Waals surface area contributed by atoms with Gasteiger partial charge in [0.2, 0.25) is 5.91 Å². The maximum absolute atomic E-state index is 12.4. The van der Waals surface area contributed by atoms with Crippen molar-refractivity contribution < 1.29 is 9.21 Å². The van der Waals surface area contributed by atoms with Crippen molar-refractivity contribution in [2.75, 3.05) is 20.6 Å². The number of hydrogen-bond acceptors (Lipinski definition) is 4. The zero-order chi connectivity index (χ0) is 15.5. The van der Waals surface area contributed by atoms with Gasteiger partial charge >= 0.3 is 0 Å². The largest absolute Gasteiger partial charge is 0.468 e. The van der Waals surface area contributed by atoms with Gasteiger partial charge in [-0.05, 0) is 44.3 Å². The smallest absolute Gasteiger partial charge is 0.233 e. The van der Waals surface area contributed by atoms with E-state index in [2.05, 4.69) is 22.3 Å². The Kier molecular flexibility index (Phi) is 4.55. The number of fused-ring (bicyclic) bond motifs is 1. The number of hydrogen-bond donors (Lipinski definition) is 1. The molecule has 5 heteroatoms. The molecule has 2 aromatic rings. The number of benzene rings is 1. The van der Waals surface area contributed by atoms with Crippen LogP contribution in [0.3, 0.4) is 0 Å². The van der Waals surface area contributed by atoms with Crippen LogP contribution in [0.4, 0.5) is 0 Å². The molecule has 3 rings (SSSR count). The standard InChI is InChI=1S/C17H20N2O2S/c1-19(2)13(14-7-5-9-21-14)11-18-17(20)16-10-12-6-3-4-8-15(12)22-16/h3-9,13,16H,10-11H2,1-2H3,(H,18,20). The van der Waals surface area contributed by atoms with Crippen LogP contribution in [0.15, 0.2) is 52.0 Å². The molecule has 0 saturated carbocycles. The number of furan rings is 1. The molecule has 22 heavy (non-hydrogen) atoms. The van der Waals surface area contributed by atoms with Gasteiger partial charge in [0.15, 0.2) is 0 Å². The summed E-state index contributed by atoms with van der Waals surface area (Å²) in [6.07, 6.45) is 2.47. The first-order chi connectivity index (χ1) is 10.6. The molecule has 0 aliphatic carbocycles. The number of thioether (sulfide) groups is 1. The van der Waals surface area contributed by atoms with Crippen molar-refractivity contribution in [2.24, 2.45) is 0 Å². The fraction of sp³-hybridized carbons (Fsp3) is 0.353. The van der Waals surface area contributed by atoms with Crippen molar-refractivity contribution in [1.82, 2.24) is 10.2 Å². The molecule has 1 amide bonds. The van der Waals surface area contributed by atoms with Gasteiger partial charge in [-0.3, -0.25) is 9.69 Å². The third-order valence-electron chi connectivity index (χ3n) is 3.90. The van der Waals surface area contributed by atoms with Crippen molar-refractivity contribution in [3.05, 3.63) is 54.0 Å². The molecule has 2 atom stereocenters. The minimum Gasteiger partial charge on any atom is -0.468 e. The van der Waals surface area contributed by atoms with E-state index in [0.29, 0.717) is 6.54 Å². The molecule has 1 aromatic carbocycles. The van der Waals surface area contributed by atoms with Crippen molar-refractivity contribution in [1.29, 1.82) is 0 Å². The number of carbonyl (C=O) groups is 1. The Labute approximate surface area is 134 Å². The van der Waals surface area contributed by atoms with Gasteiger partial charge < -0.3 is 9.73 Å². The van der Waals surface area contributed by atoms with Crippen LogP contribution in [0.5, 0.6) is 0 Å². The van der Waals surface area contributed by atoms with Crippen molar-refractivity contribution in [3.8, 4) is 0 Å². The maximum atomic E-state index is 12.4. The second-order valence-electron chi connectivity index (χ2n) is 5.66. The molecule has 0 radical (unpaired) electrons. The van der Waals surface area contributed by atoms with E-state index in [-0.39, 0.29) is 17.2 Å². The number of carbonyl (C=O) groups excluding carboxylic acids is 1. The zero-order valence-corrected chi connectivity index (χ0v) is 13.6. The van der Waals surface area contributed by atoms with Crippen LogP contribution in [-0.4, -0.2) is 36.7 Å². The normalized spacial score (nSPS) is 18.2. The summed E-state index contributed by atoms with van der Waals surface area (Å²) < 4.78 is 5.47. The average Bonchev–Trinajstić information content (AvgIpc) is 3.16. The molecule has 1 aliphatic heterocycles. The second-order valence-corrected chi connectivity index (χ2v) is 6.90. The molecule has 4 nitrogen and oxygen atoms in total. The Balaban J connectivity index is 1.59. The van der Waals surface area contributed by atoms with Gasteiger partial charge in [-0.2, -0.15) is 0 Å². The van der Waals surface area contributed by atoms with E-state index in [1.807, 2.05) is 38.4 Å². The molecule has 0 saturated heterocycles. The van der Waals surface area contributed by atoms with E-state index < -0.39 is 0 Å². The third kappa shape index (κ3) is 3.20. The van der Waals surface area contributed by atoms with Crippen molar-refractivity contribution in [3.63, 3.8) is 0 Å². The summed E-state index contributed by atoms with van der Waals surface area (Å²) in [6.45, 7) is 0.548. The minimum atomic E-state index is -0.0307. The lowest BCUT2D eigenvalue weighted by Crippen LogP contribution is -2.38. The zero-order valence-electron chi connectivity index (χ0n) is 12.8. The topological polar surface area (TPSA) is 45.5 Å². The molecule has 1 N–H and O–H groups in total. The van der Waals surface area contributed by atoms with Crippen LogP contribution in [0, 0.1) is 0 Å². The SMILES string of the molecule is CN(C)C(CNC(=O)C1Cc2ccccc2S1)c1ccco1. The number of nitrogens with zero attached hydrogens (tertiary/aromatic N) is 1. The highest BCUT2D eigenvalue weighted by molar-refractivity contribution is 8.01. The second kappa shape index (κ2) is 6.58. The highest BCUT2D eigenvalue weighted by Gasteiger charge is 2.28. The van der Waals surface area contributed by atoms with Crippen LogP contribution >= 0.6 is 11.8 Å². The van der Waals surface area contributed by atoms with Crippen LogP contribution < -0.4 is 5.32 Å². The predicted octanol–water partition coefficient (Wildman–Crippen LogP) is 2.72. The van der Waals surface area contributed by atoms with Crippen LogP contribution in [0.1, 0.15) is 17.4 Å². The highest BCUT2D eigenvalue weighted by atomic mass is 32.2. The minimum absolute atomic E-state index is 0.0307. The first kappa shape index (κ1) is 15.2. The predicted molar refractivity (Wildman–Crippen MR) is 87.9 cm³/mol. The van der Waals surface area contributed by atoms with E-state index in [4.69, 9.17) is 4.42 Å². The quantitative estimate of drug-likeness (QED) is 0.921. The summed E-state index contributed by atoms with van der Waals surface area (Å²) >= 11 is 1.65. The van der Waals surface area contributed by atoms with Gasteiger partial charge in [-0.15, -0.1) is 11.8 Å². The van der Waals surface area contributed by atoms with Crippen LogP contribution in [0.2, 0.25) is 0 Å². The van der Waals surface area contributed by atoms with Gasteiger partial charge in [0.25, 0.3) is 0 Å². The fourth-order valence-corrected chi connectivity index (χ4v) is 3.88. The van der Waals surface area contributed by atoms with Gasteiger partial charge in [-0.1, -0.05) is 18.2 Å². The van der Waals surface area contributed by atoms with Gasteiger partial charge in [-0.25, -0.2) is 0 Å².